The van der Waals surface area contributed by atoms with Crippen molar-refractivity contribution in [2.24, 2.45) is 0 Å². The molecular formula is C21H21N3O5S2. The molecule has 0 unspecified atom stereocenters. The van der Waals surface area contributed by atoms with E-state index in [0.717, 1.165) is 6.26 Å². The summed E-state index contributed by atoms with van der Waals surface area (Å²) >= 11 is 0. The smallest absolute Gasteiger partial charge is 0.261 e. The molecule has 3 N–H and O–H groups in total. The molecular weight excluding hydrogens is 438 g/mol. The molecule has 3 aromatic carbocycles. The van der Waals surface area contributed by atoms with Gasteiger partial charge in [-0.15, -0.1) is 0 Å². The van der Waals surface area contributed by atoms with Gasteiger partial charge in [-0.2, -0.15) is 0 Å². The molecule has 3 rings (SSSR count). The number of anilines is 3. The molecule has 0 spiro atoms. The van der Waals surface area contributed by atoms with Gasteiger partial charge in [0.1, 0.15) is 0 Å². The Morgan fingerprint density at radius 3 is 2.00 bits per heavy atom. The Balaban J connectivity index is 1.76. The summed E-state index contributed by atoms with van der Waals surface area (Å²) in [6.45, 7) is 1.63. The van der Waals surface area contributed by atoms with Crippen molar-refractivity contribution < 1.29 is 21.6 Å². The minimum Gasteiger partial charge on any atom is -0.322 e. The molecule has 0 fully saturated rings. The van der Waals surface area contributed by atoms with Crippen LogP contribution in [0.2, 0.25) is 0 Å². The minimum absolute atomic E-state index is 0.0462. The Morgan fingerprint density at radius 1 is 0.742 bits per heavy atom. The van der Waals surface area contributed by atoms with Gasteiger partial charge < -0.3 is 5.32 Å². The first kappa shape index (κ1) is 22.3. The molecule has 0 aliphatic rings. The van der Waals surface area contributed by atoms with Crippen molar-refractivity contribution in [3.63, 3.8) is 0 Å². The Kier molecular flexibility index (Phi) is 6.32. The third kappa shape index (κ3) is 5.83. The fraction of sp³-hybridized carbons (Fsp3) is 0.0952. The predicted molar refractivity (Wildman–Crippen MR) is 121 cm³/mol. The van der Waals surface area contributed by atoms with Crippen LogP contribution in [0.4, 0.5) is 17.1 Å². The number of carbonyl (C=O) groups excluding carboxylic acids is 1. The minimum atomic E-state index is -3.77. The largest absolute Gasteiger partial charge is 0.322 e. The van der Waals surface area contributed by atoms with Gasteiger partial charge in [0.25, 0.3) is 15.9 Å². The monoisotopic (exact) mass is 459 g/mol. The topological polar surface area (TPSA) is 121 Å². The van der Waals surface area contributed by atoms with Crippen LogP contribution in [0.3, 0.4) is 0 Å². The zero-order valence-corrected chi connectivity index (χ0v) is 18.4. The maximum Gasteiger partial charge on any atom is 0.261 e. The van der Waals surface area contributed by atoms with Crippen molar-refractivity contribution in [1.82, 2.24) is 0 Å². The van der Waals surface area contributed by atoms with Crippen molar-refractivity contribution in [2.75, 3.05) is 21.0 Å². The first-order chi connectivity index (χ1) is 14.5. The third-order valence-electron chi connectivity index (χ3n) is 4.32. The van der Waals surface area contributed by atoms with Gasteiger partial charge in [-0.1, -0.05) is 24.3 Å². The average Bonchev–Trinajstić information content (AvgIpc) is 2.69. The highest BCUT2D eigenvalue weighted by Gasteiger charge is 2.16. The Bertz CT molecular complexity index is 1300. The van der Waals surface area contributed by atoms with Crippen LogP contribution in [0.1, 0.15) is 15.9 Å². The maximum absolute atomic E-state index is 12.7. The Labute approximate surface area is 181 Å². The number of nitrogens with one attached hydrogen (secondary N) is 3. The standard InChI is InChI=1S/C21H21N3O5S2/c1-15-19(9-6-10-20(15)24-30(2,26)27)21(25)22-16-11-13-18(14-12-16)31(28,29)23-17-7-4-3-5-8-17/h3-14,23-24H,1-2H3,(H,22,25). The van der Waals surface area contributed by atoms with Gasteiger partial charge in [-0.05, 0) is 61.0 Å². The fourth-order valence-electron chi connectivity index (χ4n) is 2.83. The van der Waals surface area contributed by atoms with E-state index in [1.165, 1.54) is 24.3 Å². The van der Waals surface area contributed by atoms with Crippen LogP contribution in [0, 0.1) is 6.92 Å². The molecule has 0 aliphatic carbocycles. The lowest BCUT2D eigenvalue weighted by atomic mass is 10.1. The van der Waals surface area contributed by atoms with E-state index in [9.17, 15) is 21.6 Å². The first-order valence-electron chi connectivity index (χ1n) is 9.12. The van der Waals surface area contributed by atoms with Crippen LogP contribution in [0.5, 0.6) is 0 Å². The molecule has 162 valence electrons. The quantitative estimate of drug-likeness (QED) is 0.500. The van der Waals surface area contributed by atoms with E-state index in [0.29, 0.717) is 22.6 Å². The van der Waals surface area contributed by atoms with Gasteiger partial charge in [-0.25, -0.2) is 16.8 Å². The molecule has 0 aromatic heterocycles. The molecule has 0 heterocycles. The van der Waals surface area contributed by atoms with E-state index in [4.69, 9.17) is 0 Å². The number of sulfonamides is 2. The van der Waals surface area contributed by atoms with Crippen LogP contribution in [-0.2, 0) is 20.0 Å². The van der Waals surface area contributed by atoms with Gasteiger partial charge in [0.05, 0.1) is 16.8 Å². The van der Waals surface area contributed by atoms with Gasteiger partial charge in [-0.3, -0.25) is 14.2 Å². The summed E-state index contributed by atoms with van der Waals surface area (Å²) in [6.07, 6.45) is 1.03. The summed E-state index contributed by atoms with van der Waals surface area (Å²) in [7, 11) is -7.26. The van der Waals surface area contributed by atoms with Crippen LogP contribution in [0.25, 0.3) is 0 Å². The number of hydrogen-bond acceptors (Lipinski definition) is 5. The van der Waals surface area contributed by atoms with Crippen molar-refractivity contribution in [1.29, 1.82) is 0 Å². The third-order valence-corrected chi connectivity index (χ3v) is 6.31. The van der Waals surface area contributed by atoms with Gasteiger partial charge in [0, 0.05) is 16.9 Å². The molecule has 31 heavy (non-hydrogen) atoms. The van der Waals surface area contributed by atoms with Crippen molar-refractivity contribution in [3.8, 4) is 0 Å². The van der Waals surface area contributed by atoms with E-state index in [1.54, 1.807) is 55.5 Å². The van der Waals surface area contributed by atoms with E-state index < -0.39 is 26.0 Å². The van der Waals surface area contributed by atoms with Gasteiger partial charge >= 0.3 is 0 Å². The molecule has 3 aromatic rings. The van der Waals surface area contributed by atoms with Gasteiger partial charge in [0.2, 0.25) is 10.0 Å². The van der Waals surface area contributed by atoms with Crippen LogP contribution >= 0.6 is 0 Å². The predicted octanol–water partition coefficient (Wildman–Crippen LogP) is 3.42. The second kappa shape index (κ2) is 8.78. The lowest BCUT2D eigenvalue weighted by Gasteiger charge is -2.13. The molecule has 0 bridgehead atoms. The summed E-state index contributed by atoms with van der Waals surface area (Å²) in [6, 6.07) is 18.9. The van der Waals surface area contributed by atoms with E-state index in [1.807, 2.05) is 0 Å². The SMILES string of the molecule is Cc1c(NS(C)(=O)=O)cccc1C(=O)Nc1ccc(S(=O)(=O)Nc2ccccc2)cc1. The Hall–Kier alpha value is -3.37. The summed E-state index contributed by atoms with van der Waals surface area (Å²) in [5.74, 6) is -0.451. The molecule has 8 nitrogen and oxygen atoms in total. The molecule has 0 saturated heterocycles. The number of amides is 1. The lowest BCUT2D eigenvalue weighted by Crippen LogP contribution is -2.16. The molecule has 0 saturated carbocycles. The van der Waals surface area contributed by atoms with E-state index in [2.05, 4.69) is 14.8 Å². The number of hydrogen-bond donors (Lipinski definition) is 3. The zero-order chi connectivity index (χ0) is 22.6. The summed E-state index contributed by atoms with van der Waals surface area (Å²) < 4.78 is 52.8. The fourth-order valence-corrected chi connectivity index (χ4v) is 4.51. The lowest BCUT2D eigenvalue weighted by molar-refractivity contribution is 0.102. The van der Waals surface area contributed by atoms with Crippen molar-refractivity contribution >= 4 is 43.0 Å². The second-order valence-corrected chi connectivity index (χ2v) is 10.2. The van der Waals surface area contributed by atoms with Gasteiger partial charge in [0.15, 0.2) is 0 Å². The first-order valence-corrected chi connectivity index (χ1v) is 12.5. The number of carbonyl (C=O) groups is 1. The highest BCUT2D eigenvalue weighted by Crippen LogP contribution is 2.22. The molecule has 0 radical (unpaired) electrons. The number of rotatable bonds is 7. The summed E-state index contributed by atoms with van der Waals surface area (Å²) in [5, 5.41) is 2.69. The number of para-hydroxylation sites is 1. The van der Waals surface area contributed by atoms with Crippen LogP contribution in [0.15, 0.2) is 77.7 Å². The highest BCUT2D eigenvalue weighted by molar-refractivity contribution is 7.92. The molecule has 1 amide bonds. The second-order valence-electron chi connectivity index (χ2n) is 6.80. The molecule has 0 atom stereocenters. The van der Waals surface area contributed by atoms with E-state index in [-0.39, 0.29) is 10.5 Å². The molecule has 10 heteroatoms. The van der Waals surface area contributed by atoms with Crippen molar-refractivity contribution in [3.05, 3.63) is 83.9 Å². The van der Waals surface area contributed by atoms with Crippen LogP contribution in [-0.4, -0.2) is 29.0 Å². The van der Waals surface area contributed by atoms with E-state index >= 15 is 0 Å². The zero-order valence-electron chi connectivity index (χ0n) is 16.8. The summed E-state index contributed by atoms with van der Waals surface area (Å²) in [5.41, 5.74) is 1.90. The maximum atomic E-state index is 12.7. The van der Waals surface area contributed by atoms with Crippen LogP contribution < -0.4 is 14.8 Å². The highest BCUT2D eigenvalue weighted by atomic mass is 32.2. The number of benzene rings is 3. The average molecular weight is 460 g/mol. The van der Waals surface area contributed by atoms with Crippen molar-refractivity contribution in [2.45, 2.75) is 11.8 Å². The Morgan fingerprint density at radius 2 is 1.39 bits per heavy atom. The summed E-state index contributed by atoms with van der Waals surface area (Å²) in [4.78, 5) is 12.7. The normalized spacial score (nSPS) is 11.5. The molecule has 0 aliphatic heterocycles.